The van der Waals surface area contributed by atoms with E-state index in [1.807, 2.05) is 11.8 Å². The highest BCUT2D eigenvalue weighted by Gasteiger charge is 2.24. The third kappa shape index (κ3) is 6.40. The fourth-order valence-electron chi connectivity index (χ4n) is 4.03. The van der Waals surface area contributed by atoms with Gasteiger partial charge in [0.25, 0.3) is 0 Å². The molecule has 7 heteroatoms. The summed E-state index contributed by atoms with van der Waals surface area (Å²) in [7, 11) is 0. The van der Waals surface area contributed by atoms with Gasteiger partial charge in [0.15, 0.2) is 0 Å². The number of carbonyl (C=O) groups excluding carboxylic acids is 1. The number of hydrogen-bond acceptors (Lipinski definition) is 5. The Kier molecular flexibility index (Phi) is 8.64. The molecular weight excluding hydrogens is 395 g/mol. The van der Waals surface area contributed by atoms with Crippen molar-refractivity contribution in [2.45, 2.75) is 45.7 Å². The molecule has 168 valence electrons. The standard InChI is InChI=1S/C16H24N4O.C8H9FO/c1-2-3-14-10-17-7-9-20(14)16-5-4-13-11-19(12-21)8-6-15(13)18-16;1-2-10-8-5-3-7(9)4-6-8/h4-5,12,14,17H,2-3,6-11H2,1H3;3-6H,2H2,1H3. The van der Waals surface area contributed by atoms with Gasteiger partial charge in [-0.25, -0.2) is 9.37 Å². The zero-order chi connectivity index (χ0) is 22.1. The van der Waals surface area contributed by atoms with E-state index >= 15 is 0 Å². The second-order valence-corrected chi connectivity index (χ2v) is 7.83. The smallest absolute Gasteiger partial charge is 0.210 e. The van der Waals surface area contributed by atoms with Crippen LogP contribution in [0, 0.1) is 5.82 Å². The summed E-state index contributed by atoms with van der Waals surface area (Å²) in [5.74, 6) is 1.58. The summed E-state index contributed by atoms with van der Waals surface area (Å²) >= 11 is 0. The number of halogens is 1. The van der Waals surface area contributed by atoms with Gasteiger partial charge in [-0.2, -0.15) is 0 Å². The van der Waals surface area contributed by atoms with E-state index in [1.54, 1.807) is 12.1 Å². The van der Waals surface area contributed by atoms with Gasteiger partial charge >= 0.3 is 0 Å². The lowest BCUT2D eigenvalue weighted by atomic mass is 10.0. The van der Waals surface area contributed by atoms with Gasteiger partial charge in [0.2, 0.25) is 6.41 Å². The molecular formula is C24H33FN4O2. The van der Waals surface area contributed by atoms with E-state index in [0.717, 1.165) is 44.8 Å². The van der Waals surface area contributed by atoms with Gasteiger partial charge in [0.1, 0.15) is 17.4 Å². The molecule has 1 fully saturated rings. The molecule has 3 heterocycles. The van der Waals surface area contributed by atoms with Gasteiger partial charge in [0, 0.05) is 50.9 Å². The zero-order valence-electron chi connectivity index (χ0n) is 18.5. The Labute approximate surface area is 184 Å². The molecule has 1 atom stereocenters. The lowest BCUT2D eigenvalue weighted by Crippen LogP contribution is -2.51. The van der Waals surface area contributed by atoms with Crippen molar-refractivity contribution in [2.24, 2.45) is 0 Å². The molecule has 2 aromatic rings. The molecule has 0 radical (unpaired) electrons. The third-order valence-electron chi connectivity index (χ3n) is 5.60. The van der Waals surface area contributed by atoms with Crippen LogP contribution in [0.5, 0.6) is 5.75 Å². The summed E-state index contributed by atoms with van der Waals surface area (Å²) in [6.45, 7) is 9.33. The first-order valence-electron chi connectivity index (χ1n) is 11.2. The van der Waals surface area contributed by atoms with Gasteiger partial charge < -0.3 is 19.9 Å². The molecule has 1 amide bonds. The van der Waals surface area contributed by atoms with Crippen molar-refractivity contribution in [1.82, 2.24) is 15.2 Å². The first kappa shape index (κ1) is 23.0. The fraction of sp³-hybridized carbons (Fsp3) is 0.500. The number of amides is 1. The SMILES string of the molecule is CCCC1CNCCN1c1ccc2c(n1)CCN(C=O)C2.CCOc1ccc(F)cc1. The second-order valence-electron chi connectivity index (χ2n) is 7.83. The Morgan fingerprint density at radius 3 is 2.71 bits per heavy atom. The van der Waals surface area contributed by atoms with Crippen LogP contribution in [0.2, 0.25) is 0 Å². The van der Waals surface area contributed by atoms with Gasteiger partial charge in [-0.1, -0.05) is 19.4 Å². The minimum Gasteiger partial charge on any atom is -0.494 e. The largest absolute Gasteiger partial charge is 0.494 e. The van der Waals surface area contributed by atoms with Gasteiger partial charge in [0.05, 0.1) is 6.61 Å². The average Bonchev–Trinajstić information content (AvgIpc) is 2.81. The van der Waals surface area contributed by atoms with Crippen LogP contribution < -0.4 is 15.0 Å². The monoisotopic (exact) mass is 428 g/mol. The van der Waals surface area contributed by atoms with Gasteiger partial charge in [-0.05, 0) is 49.2 Å². The van der Waals surface area contributed by atoms with E-state index in [2.05, 4.69) is 29.3 Å². The first-order valence-corrected chi connectivity index (χ1v) is 11.2. The molecule has 1 aromatic heterocycles. The van der Waals surface area contributed by atoms with E-state index in [-0.39, 0.29) is 5.82 Å². The molecule has 0 bridgehead atoms. The Hall–Kier alpha value is -2.67. The quantitative estimate of drug-likeness (QED) is 0.715. The average molecular weight is 429 g/mol. The first-order chi connectivity index (χ1) is 15.1. The summed E-state index contributed by atoms with van der Waals surface area (Å²) in [5, 5.41) is 3.48. The highest BCUT2D eigenvalue weighted by molar-refractivity contribution is 5.50. The van der Waals surface area contributed by atoms with Crippen molar-refractivity contribution < 1.29 is 13.9 Å². The van der Waals surface area contributed by atoms with Crippen molar-refractivity contribution in [3.05, 3.63) is 53.5 Å². The van der Waals surface area contributed by atoms with Crippen LogP contribution in [0.3, 0.4) is 0 Å². The van der Waals surface area contributed by atoms with E-state index < -0.39 is 0 Å². The predicted molar refractivity (Wildman–Crippen MR) is 121 cm³/mol. The predicted octanol–water partition coefficient (Wildman–Crippen LogP) is 3.40. The topological polar surface area (TPSA) is 57.7 Å². The molecule has 1 unspecified atom stereocenters. The maximum atomic E-state index is 12.3. The molecule has 1 aromatic carbocycles. The number of piperazine rings is 1. The summed E-state index contributed by atoms with van der Waals surface area (Å²) in [6, 6.07) is 10.8. The highest BCUT2D eigenvalue weighted by atomic mass is 19.1. The summed E-state index contributed by atoms with van der Waals surface area (Å²) in [6.07, 6.45) is 4.20. The van der Waals surface area contributed by atoms with E-state index in [1.165, 1.54) is 36.2 Å². The molecule has 0 aliphatic carbocycles. The second kappa shape index (κ2) is 11.6. The van der Waals surface area contributed by atoms with Crippen molar-refractivity contribution in [3.8, 4) is 5.75 Å². The van der Waals surface area contributed by atoms with Crippen LogP contribution in [0.4, 0.5) is 10.2 Å². The molecule has 1 saturated heterocycles. The molecule has 4 rings (SSSR count). The minimum absolute atomic E-state index is 0.233. The number of nitrogens with zero attached hydrogens (tertiary/aromatic N) is 3. The summed E-state index contributed by atoms with van der Waals surface area (Å²) < 4.78 is 17.4. The fourth-order valence-corrected chi connectivity index (χ4v) is 4.03. The number of carbonyl (C=O) groups is 1. The number of hydrogen-bond donors (Lipinski definition) is 1. The highest BCUT2D eigenvalue weighted by Crippen LogP contribution is 2.23. The van der Waals surface area contributed by atoms with Gasteiger partial charge in [-0.15, -0.1) is 0 Å². The Balaban J connectivity index is 0.000000229. The molecule has 0 spiro atoms. The van der Waals surface area contributed by atoms with Crippen LogP contribution in [0.1, 0.15) is 37.9 Å². The molecule has 6 nitrogen and oxygen atoms in total. The number of nitrogens with one attached hydrogen (secondary N) is 1. The van der Waals surface area contributed by atoms with Crippen molar-refractivity contribution in [2.75, 3.05) is 37.7 Å². The Morgan fingerprint density at radius 2 is 2.00 bits per heavy atom. The molecule has 0 saturated carbocycles. The third-order valence-corrected chi connectivity index (χ3v) is 5.60. The van der Waals surface area contributed by atoms with Crippen molar-refractivity contribution in [1.29, 1.82) is 0 Å². The number of ether oxygens (including phenoxy) is 1. The van der Waals surface area contributed by atoms with Gasteiger partial charge in [-0.3, -0.25) is 4.79 Å². The lowest BCUT2D eigenvalue weighted by Gasteiger charge is -2.38. The number of pyridine rings is 1. The zero-order valence-corrected chi connectivity index (χ0v) is 18.5. The number of anilines is 1. The molecule has 2 aliphatic rings. The van der Waals surface area contributed by atoms with Crippen LogP contribution in [0.25, 0.3) is 0 Å². The van der Waals surface area contributed by atoms with Crippen LogP contribution in [-0.4, -0.2) is 55.1 Å². The maximum absolute atomic E-state index is 12.3. The van der Waals surface area contributed by atoms with Crippen LogP contribution in [-0.2, 0) is 17.8 Å². The normalized spacial score (nSPS) is 18.0. The minimum atomic E-state index is -0.233. The summed E-state index contributed by atoms with van der Waals surface area (Å²) in [4.78, 5) is 20.0. The summed E-state index contributed by atoms with van der Waals surface area (Å²) in [5.41, 5.74) is 2.36. The number of benzene rings is 1. The molecule has 1 N–H and O–H groups in total. The van der Waals surface area contributed by atoms with Crippen LogP contribution in [0.15, 0.2) is 36.4 Å². The molecule has 2 aliphatic heterocycles. The number of aromatic nitrogens is 1. The van der Waals surface area contributed by atoms with E-state index in [0.29, 0.717) is 24.9 Å². The number of fused-ring (bicyclic) bond motifs is 1. The molecule has 31 heavy (non-hydrogen) atoms. The number of rotatable bonds is 6. The van der Waals surface area contributed by atoms with E-state index in [4.69, 9.17) is 9.72 Å². The van der Waals surface area contributed by atoms with Crippen molar-refractivity contribution >= 4 is 12.2 Å². The maximum Gasteiger partial charge on any atom is 0.210 e. The lowest BCUT2D eigenvalue weighted by molar-refractivity contribution is -0.118. The Bertz CT molecular complexity index is 829. The Morgan fingerprint density at radius 1 is 1.19 bits per heavy atom. The van der Waals surface area contributed by atoms with Crippen LogP contribution >= 0.6 is 0 Å². The van der Waals surface area contributed by atoms with Crippen molar-refractivity contribution in [3.63, 3.8) is 0 Å². The van der Waals surface area contributed by atoms with E-state index in [9.17, 15) is 9.18 Å².